The summed E-state index contributed by atoms with van der Waals surface area (Å²) in [5, 5.41) is 0. The van der Waals surface area contributed by atoms with E-state index in [4.69, 9.17) is 10.5 Å². The van der Waals surface area contributed by atoms with Crippen molar-refractivity contribution in [1.29, 1.82) is 0 Å². The van der Waals surface area contributed by atoms with E-state index >= 15 is 0 Å². The van der Waals surface area contributed by atoms with Crippen molar-refractivity contribution in [2.24, 2.45) is 5.73 Å². The molecule has 1 aliphatic heterocycles. The molecule has 0 aliphatic carbocycles. The van der Waals surface area contributed by atoms with Crippen LogP contribution in [0, 0.1) is 0 Å². The van der Waals surface area contributed by atoms with Crippen LogP contribution in [0.4, 0.5) is 5.69 Å². The van der Waals surface area contributed by atoms with Crippen LogP contribution in [0.1, 0.15) is 13.3 Å². The Bertz CT molecular complexity index is 637. The second-order valence-electron chi connectivity index (χ2n) is 4.89. The molecule has 0 aromatic heterocycles. The fourth-order valence-corrected chi connectivity index (χ4v) is 2.46. The lowest BCUT2D eigenvalue weighted by Gasteiger charge is -2.24. The summed E-state index contributed by atoms with van der Waals surface area (Å²) in [5.41, 5.74) is 9.48. The van der Waals surface area contributed by atoms with E-state index in [0.29, 0.717) is 5.88 Å². The van der Waals surface area contributed by atoms with E-state index in [0.717, 1.165) is 23.4 Å². The average molecular weight is 266 g/mol. The predicted molar refractivity (Wildman–Crippen MR) is 82.4 cm³/mol. The Hall–Kier alpha value is -2.26. The highest BCUT2D eigenvalue weighted by Gasteiger charge is 2.28. The van der Waals surface area contributed by atoms with Crippen LogP contribution >= 0.6 is 0 Å². The third kappa shape index (κ3) is 2.06. The summed E-state index contributed by atoms with van der Waals surface area (Å²) in [5.74, 6) is 1.41. The maximum absolute atomic E-state index is 6.16. The van der Waals surface area contributed by atoms with Gasteiger partial charge in [-0.25, -0.2) is 0 Å². The number of benzene rings is 2. The van der Waals surface area contributed by atoms with Gasteiger partial charge >= 0.3 is 0 Å². The Balaban J connectivity index is 2.05. The fraction of sp³-hybridized carbons (Fsp3) is 0.176. The molecular weight excluding hydrogens is 248 g/mol. The molecule has 2 N–H and O–H groups in total. The number of rotatable bonds is 3. The zero-order valence-electron chi connectivity index (χ0n) is 11.5. The van der Waals surface area contributed by atoms with Crippen LogP contribution in [0.2, 0.25) is 0 Å². The van der Waals surface area contributed by atoms with Gasteiger partial charge in [0.2, 0.25) is 0 Å². The van der Waals surface area contributed by atoms with Crippen LogP contribution in [-0.2, 0) is 0 Å². The molecule has 0 saturated heterocycles. The first-order valence-corrected chi connectivity index (χ1v) is 6.81. The fourth-order valence-electron chi connectivity index (χ4n) is 2.46. The lowest BCUT2D eigenvalue weighted by molar-refractivity contribution is 0.426. The Morgan fingerprint density at radius 1 is 1.15 bits per heavy atom. The Morgan fingerprint density at radius 3 is 2.60 bits per heavy atom. The van der Waals surface area contributed by atoms with Gasteiger partial charge in [0.1, 0.15) is 0 Å². The van der Waals surface area contributed by atoms with Crippen LogP contribution in [0.3, 0.4) is 0 Å². The number of hydrogen-bond donors (Lipinski definition) is 1. The maximum atomic E-state index is 6.16. The molecule has 0 spiro atoms. The number of nitrogens with two attached hydrogens (primary N) is 1. The molecule has 1 heterocycles. The van der Waals surface area contributed by atoms with Crippen molar-refractivity contribution in [2.45, 2.75) is 19.5 Å². The van der Waals surface area contributed by atoms with Gasteiger partial charge in [-0.05, 0) is 36.3 Å². The smallest absolute Gasteiger partial charge is 0.194 e. The van der Waals surface area contributed by atoms with E-state index in [1.807, 2.05) is 29.2 Å². The first-order valence-electron chi connectivity index (χ1n) is 6.81. The molecule has 3 nitrogen and oxygen atoms in total. The average Bonchev–Trinajstić information content (AvgIpc) is 2.82. The van der Waals surface area contributed by atoms with Gasteiger partial charge in [0.25, 0.3) is 0 Å². The van der Waals surface area contributed by atoms with Gasteiger partial charge in [-0.3, -0.25) is 4.90 Å². The monoisotopic (exact) mass is 266 g/mol. The topological polar surface area (TPSA) is 38.5 Å². The van der Waals surface area contributed by atoms with Crippen LogP contribution in [0.5, 0.6) is 5.75 Å². The molecule has 1 unspecified atom stereocenters. The molecular formula is C17H18N2O. The highest BCUT2D eigenvalue weighted by molar-refractivity contribution is 5.76. The van der Waals surface area contributed by atoms with Gasteiger partial charge in [-0.2, -0.15) is 0 Å². The second-order valence-corrected chi connectivity index (χ2v) is 4.89. The van der Waals surface area contributed by atoms with E-state index < -0.39 is 0 Å². The van der Waals surface area contributed by atoms with Gasteiger partial charge in [-0.15, -0.1) is 0 Å². The van der Waals surface area contributed by atoms with Crippen molar-refractivity contribution in [2.75, 3.05) is 4.90 Å². The van der Waals surface area contributed by atoms with Crippen LogP contribution in [0.15, 0.2) is 61.0 Å². The van der Waals surface area contributed by atoms with E-state index in [2.05, 4.69) is 37.8 Å². The molecule has 2 aromatic carbocycles. The number of fused-ring (bicyclic) bond motifs is 1. The van der Waals surface area contributed by atoms with Crippen LogP contribution in [0.25, 0.3) is 11.1 Å². The first-order chi connectivity index (χ1) is 9.70. The van der Waals surface area contributed by atoms with Crippen LogP contribution in [-0.4, -0.2) is 6.17 Å². The molecule has 0 amide bonds. The highest BCUT2D eigenvalue weighted by Crippen LogP contribution is 2.41. The summed E-state index contributed by atoms with van der Waals surface area (Å²) < 4.78 is 5.68. The standard InChI is InChI=1S/C17H18N2O/c1-3-17(18)19-12(2)20-16-10-9-14(11-15(16)19)13-7-5-4-6-8-13/h4-11,17H,2-3,18H2,1H3. The van der Waals surface area contributed by atoms with Crippen molar-refractivity contribution in [3.05, 3.63) is 61.0 Å². The van der Waals surface area contributed by atoms with Crippen molar-refractivity contribution in [3.63, 3.8) is 0 Å². The normalized spacial score (nSPS) is 14.9. The number of anilines is 1. The van der Waals surface area contributed by atoms with Gasteiger partial charge in [-0.1, -0.05) is 43.3 Å². The third-order valence-electron chi connectivity index (χ3n) is 3.57. The first kappa shape index (κ1) is 12.8. The van der Waals surface area contributed by atoms with Crippen molar-refractivity contribution >= 4 is 5.69 Å². The molecule has 0 fully saturated rings. The number of nitrogens with zero attached hydrogens (tertiary/aromatic N) is 1. The predicted octanol–water partition coefficient (Wildman–Crippen LogP) is 3.72. The second kappa shape index (κ2) is 5.02. The van der Waals surface area contributed by atoms with Gasteiger partial charge in [0.05, 0.1) is 11.9 Å². The van der Waals surface area contributed by atoms with Crippen LogP contribution < -0.4 is 15.4 Å². The molecule has 1 atom stereocenters. The van der Waals surface area contributed by atoms with Gasteiger partial charge in [0, 0.05) is 0 Å². The summed E-state index contributed by atoms with van der Waals surface area (Å²) in [6.45, 7) is 6.00. The summed E-state index contributed by atoms with van der Waals surface area (Å²) >= 11 is 0. The summed E-state index contributed by atoms with van der Waals surface area (Å²) in [6.07, 6.45) is 0.715. The summed E-state index contributed by atoms with van der Waals surface area (Å²) in [7, 11) is 0. The molecule has 0 saturated carbocycles. The quantitative estimate of drug-likeness (QED) is 0.920. The molecule has 0 bridgehead atoms. The molecule has 3 heteroatoms. The minimum Gasteiger partial charge on any atom is -0.439 e. The van der Waals surface area contributed by atoms with E-state index in [1.165, 1.54) is 5.56 Å². The summed E-state index contributed by atoms with van der Waals surface area (Å²) in [4.78, 5) is 1.96. The number of hydrogen-bond acceptors (Lipinski definition) is 3. The Labute approximate surface area is 119 Å². The zero-order valence-corrected chi connectivity index (χ0v) is 11.5. The van der Waals surface area contributed by atoms with Crippen molar-refractivity contribution in [1.82, 2.24) is 0 Å². The lowest BCUT2D eigenvalue weighted by atomic mass is 10.0. The van der Waals surface area contributed by atoms with E-state index in [-0.39, 0.29) is 6.17 Å². The molecule has 1 aliphatic rings. The van der Waals surface area contributed by atoms with E-state index in [1.54, 1.807) is 0 Å². The molecule has 102 valence electrons. The summed E-state index contributed by atoms with van der Waals surface area (Å²) in [6, 6.07) is 16.4. The zero-order chi connectivity index (χ0) is 14.1. The SMILES string of the molecule is C=C1Oc2ccc(-c3ccccc3)cc2N1C(N)CC. The molecule has 2 aromatic rings. The van der Waals surface area contributed by atoms with Crippen molar-refractivity contribution < 1.29 is 4.74 Å². The Morgan fingerprint density at radius 2 is 1.90 bits per heavy atom. The van der Waals surface area contributed by atoms with E-state index in [9.17, 15) is 0 Å². The Kier molecular flexibility index (Phi) is 3.20. The van der Waals surface area contributed by atoms with Gasteiger partial charge in [0.15, 0.2) is 11.6 Å². The van der Waals surface area contributed by atoms with Crippen molar-refractivity contribution in [3.8, 4) is 16.9 Å². The molecule has 0 radical (unpaired) electrons. The lowest BCUT2D eigenvalue weighted by Crippen LogP contribution is -2.39. The minimum atomic E-state index is -0.116. The largest absolute Gasteiger partial charge is 0.439 e. The minimum absolute atomic E-state index is 0.116. The molecule has 20 heavy (non-hydrogen) atoms. The third-order valence-corrected chi connectivity index (χ3v) is 3.57. The highest BCUT2D eigenvalue weighted by atomic mass is 16.5. The number of ether oxygens (including phenoxy) is 1. The van der Waals surface area contributed by atoms with Gasteiger partial charge < -0.3 is 10.5 Å². The maximum Gasteiger partial charge on any atom is 0.194 e. The molecule has 3 rings (SSSR count).